The van der Waals surface area contributed by atoms with Crippen molar-refractivity contribution in [2.24, 2.45) is 0 Å². The van der Waals surface area contributed by atoms with Crippen LogP contribution in [0.4, 0.5) is 13.2 Å². The first kappa shape index (κ1) is 13.7. The van der Waals surface area contributed by atoms with Gasteiger partial charge in [0.1, 0.15) is 0 Å². The molecule has 0 saturated heterocycles. The Balaban J connectivity index is 1.81. The summed E-state index contributed by atoms with van der Waals surface area (Å²) in [5.41, 5.74) is -2.14. The van der Waals surface area contributed by atoms with Gasteiger partial charge in [0.2, 0.25) is 0 Å². The van der Waals surface area contributed by atoms with E-state index in [1.54, 1.807) is 10.9 Å². The van der Waals surface area contributed by atoms with Crippen molar-refractivity contribution in [1.82, 2.24) is 15.1 Å². The summed E-state index contributed by atoms with van der Waals surface area (Å²) in [6.07, 6.45) is 4.17. The average molecular weight is 279 g/mol. The van der Waals surface area contributed by atoms with E-state index in [0.717, 1.165) is 17.8 Å². The van der Waals surface area contributed by atoms with Crippen LogP contribution >= 0.6 is 11.8 Å². The molecule has 1 heterocycles. The summed E-state index contributed by atoms with van der Waals surface area (Å²) in [5, 5.41) is 7.50. The minimum absolute atomic E-state index is 0.00150. The maximum absolute atomic E-state index is 12.0. The molecule has 1 aromatic heterocycles. The summed E-state index contributed by atoms with van der Waals surface area (Å²) >= 11 is -0.00184. The van der Waals surface area contributed by atoms with Crippen molar-refractivity contribution in [3.05, 3.63) is 17.5 Å². The van der Waals surface area contributed by atoms with Crippen LogP contribution in [0.3, 0.4) is 0 Å². The zero-order chi connectivity index (χ0) is 13.2. The Labute approximate surface area is 108 Å². The molecule has 0 aliphatic heterocycles. The molecule has 0 spiro atoms. The van der Waals surface area contributed by atoms with Gasteiger partial charge in [0, 0.05) is 29.6 Å². The van der Waals surface area contributed by atoms with E-state index in [2.05, 4.69) is 10.4 Å². The lowest BCUT2D eigenvalue weighted by Crippen LogP contribution is -2.16. The molecular formula is C11H16F3N3S. The van der Waals surface area contributed by atoms with Crippen LogP contribution in [0.5, 0.6) is 0 Å². The van der Waals surface area contributed by atoms with E-state index in [9.17, 15) is 13.2 Å². The van der Waals surface area contributed by atoms with Gasteiger partial charge in [-0.2, -0.15) is 18.3 Å². The number of hydrogen-bond acceptors (Lipinski definition) is 3. The number of aromatic nitrogens is 2. The molecule has 3 nitrogen and oxygen atoms in total. The van der Waals surface area contributed by atoms with E-state index in [4.69, 9.17) is 0 Å². The molecule has 18 heavy (non-hydrogen) atoms. The first-order valence-electron chi connectivity index (χ1n) is 5.91. The van der Waals surface area contributed by atoms with Crippen molar-refractivity contribution in [3.8, 4) is 0 Å². The monoisotopic (exact) mass is 279 g/mol. The van der Waals surface area contributed by atoms with Crippen LogP contribution < -0.4 is 5.32 Å². The SMILES string of the molecule is Cc1c(CNC2CC2)cnn1CCSC(F)(F)F. The molecule has 1 fully saturated rings. The fourth-order valence-corrected chi connectivity index (χ4v) is 2.17. The molecule has 1 aromatic rings. The number of halogens is 3. The van der Waals surface area contributed by atoms with Crippen molar-refractivity contribution in [3.63, 3.8) is 0 Å². The van der Waals surface area contributed by atoms with Crippen molar-refractivity contribution >= 4 is 11.8 Å². The minimum Gasteiger partial charge on any atom is -0.310 e. The first-order chi connectivity index (χ1) is 8.46. The predicted molar refractivity (Wildman–Crippen MR) is 65.3 cm³/mol. The summed E-state index contributed by atoms with van der Waals surface area (Å²) in [4.78, 5) is 0. The summed E-state index contributed by atoms with van der Waals surface area (Å²) in [5.74, 6) is 0.00150. The standard InChI is InChI=1S/C11H16F3N3S/c1-8-9(6-15-10-2-3-10)7-16-17(8)4-5-18-11(12,13)14/h7,10,15H,2-6H2,1H3. The summed E-state index contributed by atoms with van der Waals surface area (Å²) in [7, 11) is 0. The Morgan fingerprint density at radius 3 is 2.83 bits per heavy atom. The lowest BCUT2D eigenvalue weighted by Gasteiger charge is -2.07. The minimum atomic E-state index is -4.16. The highest BCUT2D eigenvalue weighted by molar-refractivity contribution is 8.00. The predicted octanol–water partition coefficient (Wildman–Crippen LogP) is 2.70. The average Bonchev–Trinajstić information content (AvgIpc) is 3.03. The van der Waals surface area contributed by atoms with Gasteiger partial charge in [-0.05, 0) is 31.5 Å². The Morgan fingerprint density at radius 1 is 1.50 bits per heavy atom. The van der Waals surface area contributed by atoms with Crippen LogP contribution in [0.2, 0.25) is 0 Å². The highest BCUT2D eigenvalue weighted by Gasteiger charge is 2.27. The third-order valence-corrected chi connectivity index (χ3v) is 3.65. The molecule has 0 aromatic carbocycles. The van der Waals surface area contributed by atoms with Gasteiger partial charge in [0.05, 0.1) is 12.7 Å². The highest BCUT2D eigenvalue weighted by atomic mass is 32.2. The zero-order valence-electron chi connectivity index (χ0n) is 10.1. The first-order valence-corrected chi connectivity index (χ1v) is 6.89. The fourth-order valence-electron chi connectivity index (χ4n) is 1.67. The molecule has 1 aliphatic rings. The molecule has 1 N–H and O–H groups in total. The van der Waals surface area contributed by atoms with Crippen molar-refractivity contribution in [2.45, 2.75) is 44.4 Å². The number of alkyl halides is 3. The van der Waals surface area contributed by atoms with E-state index >= 15 is 0 Å². The Kier molecular flexibility index (Phi) is 4.21. The van der Waals surface area contributed by atoms with E-state index in [-0.39, 0.29) is 17.5 Å². The quantitative estimate of drug-likeness (QED) is 0.868. The van der Waals surface area contributed by atoms with Gasteiger partial charge in [-0.3, -0.25) is 4.68 Å². The lowest BCUT2D eigenvalue weighted by atomic mass is 10.2. The smallest absolute Gasteiger partial charge is 0.310 e. The molecular weight excluding hydrogens is 263 g/mol. The second kappa shape index (κ2) is 5.52. The van der Waals surface area contributed by atoms with Gasteiger partial charge >= 0.3 is 5.51 Å². The summed E-state index contributed by atoms with van der Waals surface area (Å²) < 4.78 is 37.7. The van der Waals surface area contributed by atoms with Gasteiger partial charge in [-0.15, -0.1) is 0 Å². The number of nitrogens with one attached hydrogen (secondary N) is 1. The second-order valence-electron chi connectivity index (χ2n) is 4.43. The Bertz CT molecular complexity index is 399. The van der Waals surface area contributed by atoms with Gasteiger partial charge < -0.3 is 5.32 Å². The zero-order valence-corrected chi connectivity index (χ0v) is 10.9. The van der Waals surface area contributed by atoms with Gasteiger partial charge in [-0.25, -0.2) is 0 Å². The molecule has 0 radical (unpaired) electrons. The molecule has 0 amide bonds. The van der Waals surface area contributed by atoms with Gasteiger partial charge in [-0.1, -0.05) is 0 Å². The summed E-state index contributed by atoms with van der Waals surface area (Å²) in [6.45, 7) is 2.94. The molecule has 102 valence electrons. The van der Waals surface area contributed by atoms with Gasteiger partial charge in [0.15, 0.2) is 0 Å². The van der Waals surface area contributed by atoms with Crippen LogP contribution in [0.25, 0.3) is 0 Å². The number of aryl methyl sites for hydroxylation is 1. The number of hydrogen-bond donors (Lipinski definition) is 1. The molecule has 1 saturated carbocycles. The Hall–Kier alpha value is -0.690. The number of nitrogens with zero attached hydrogens (tertiary/aromatic N) is 2. The molecule has 0 bridgehead atoms. The van der Waals surface area contributed by atoms with Crippen LogP contribution in [-0.2, 0) is 13.1 Å². The fraction of sp³-hybridized carbons (Fsp3) is 0.727. The van der Waals surface area contributed by atoms with Crippen LogP contribution in [-0.4, -0.2) is 27.1 Å². The molecule has 0 atom stereocenters. The van der Waals surface area contributed by atoms with Gasteiger partial charge in [0.25, 0.3) is 0 Å². The molecule has 2 rings (SSSR count). The highest BCUT2D eigenvalue weighted by Crippen LogP contribution is 2.30. The number of thioether (sulfide) groups is 1. The van der Waals surface area contributed by atoms with Crippen LogP contribution in [0, 0.1) is 6.92 Å². The van der Waals surface area contributed by atoms with E-state index in [1.807, 2.05) is 6.92 Å². The molecule has 1 aliphatic carbocycles. The topological polar surface area (TPSA) is 29.9 Å². The maximum atomic E-state index is 12.0. The summed E-state index contributed by atoms with van der Waals surface area (Å²) in [6, 6.07) is 0.619. The molecule has 0 unspecified atom stereocenters. The maximum Gasteiger partial charge on any atom is 0.441 e. The third kappa shape index (κ3) is 4.20. The Morgan fingerprint density at radius 2 is 2.22 bits per heavy atom. The van der Waals surface area contributed by atoms with Crippen molar-refractivity contribution in [2.75, 3.05) is 5.75 Å². The van der Waals surface area contributed by atoms with Crippen LogP contribution in [0.15, 0.2) is 6.20 Å². The lowest BCUT2D eigenvalue weighted by molar-refractivity contribution is -0.0328. The normalized spacial score (nSPS) is 16.2. The van der Waals surface area contributed by atoms with Crippen molar-refractivity contribution in [1.29, 1.82) is 0 Å². The van der Waals surface area contributed by atoms with Crippen LogP contribution in [0.1, 0.15) is 24.1 Å². The third-order valence-electron chi connectivity index (χ3n) is 2.93. The van der Waals surface area contributed by atoms with Crippen molar-refractivity contribution < 1.29 is 13.2 Å². The van der Waals surface area contributed by atoms with E-state index < -0.39 is 5.51 Å². The van der Waals surface area contributed by atoms with E-state index in [1.165, 1.54) is 12.8 Å². The van der Waals surface area contributed by atoms with E-state index in [0.29, 0.717) is 12.6 Å². The second-order valence-corrected chi connectivity index (χ2v) is 5.59. The number of rotatable bonds is 6. The molecule has 7 heteroatoms. The largest absolute Gasteiger partial charge is 0.441 e.